The van der Waals surface area contributed by atoms with E-state index in [1.54, 1.807) is 6.07 Å². The molecule has 1 aromatic carbocycles. The Kier molecular flexibility index (Phi) is 4.78. The molecule has 0 N–H and O–H groups in total. The van der Waals surface area contributed by atoms with Crippen molar-refractivity contribution in [2.24, 2.45) is 11.1 Å². The molecule has 0 spiro atoms. The summed E-state index contributed by atoms with van der Waals surface area (Å²) >= 11 is 0. The molecule has 0 bridgehead atoms. The molecule has 0 saturated heterocycles. The molecular weight excluding hydrogens is 224 g/mol. The zero-order valence-corrected chi connectivity index (χ0v) is 10.5. The first-order chi connectivity index (χ1) is 8.90. The third kappa shape index (κ3) is 3.59. The molecule has 0 aromatic heterocycles. The van der Waals surface area contributed by atoms with E-state index in [1.165, 1.54) is 32.1 Å². The van der Waals surface area contributed by atoms with Gasteiger partial charge in [-0.1, -0.05) is 42.6 Å². The predicted octanol–water partition coefficient (Wildman–Crippen LogP) is 3.64. The minimum absolute atomic E-state index is 0.368. The second kappa shape index (κ2) is 6.80. The fourth-order valence-electron chi connectivity index (χ4n) is 2.27. The van der Waals surface area contributed by atoms with Crippen LogP contribution in [0.25, 0.3) is 0 Å². The lowest BCUT2D eigenvalue weighted by atomic mass is 9.90. The average Bonchev–Trinajstić information content (AvgIpc) is 2.45. The summed E-state index contributed by atoms with van der Waals surface area (Å²) in [5.41, 5.74) is 1.55. The summed E-state index contributed by atoms with van der Waals surface area (Å²) < 4.78 is 0. The monoisotopic (exact) mass is 242 g/mol. The molecule has 1 fully saturated rings. The van der Waals surface area contributed by atoms with Gasteiger partial charge in [-0.05, 0) is 24.8 Å². The van der Waals surface area contributed by atoms with E-state index >= 15 is 0 Å². The van der Waals surface area contributed by atoms with Crippen molar-refractivity contribution in [3.63, 3.8) is 0 Å². The van der Waals surface area contributed by atoms with Gasteiger partial charge < -0.3 is 4.84 Å². The Balaban J connectivity index is 1.81. The molecule has 18 heavy (non-hydrogen) atoms. The fourth-order valence-corrected chi connectivity index (χ4v) is 2.27. The summed E-state index contributed by atoms with van der Waals surface area (Å²) in [4.78, 5) is 5.28. The van der Waals surface area contributed by atoms with Gasteiger partial charge in [0.15, 0.2) is 0 Å². The van der Waals surface area contributed by atoms with Crippen LogP contribution >= 0.6 is 0 Å². The van der Waals surface area contributed by atoms with E-state index in [0.717, 1.165) is 5.56 Å². The number of rotatable bonds is 4. The molecule has 1 aromatic rings. The molecule has 2 rings (SSSR count). The topological polar surface area (TPSA) is 45.4 Å². The third-order valence-corrected chi connectivity index (χ3v) is 3.35. The highest BCUT2D eigenvalue weighted by molar-refractivity contribution is 5.59. The quantitative estimate of drug-likeness (QED) is 0.597. The lowest BCUT2D eigenvalue weighted by Gasteiger charge is -2.16. The normalized spacial score (nSPS) is 16.6. The van der Waals surface area contributed by atoms with Gasteiger partial charge in [-0.3, -0.25) is 0 Å². The first-order valence-electron chi connectivity index (χ1n) is 6.53. The van der Waals surface area contributed by atoms with Crippen LogP contribution < -0.4 is 0 Å². The van der Waals surface area contributed by atoms with Crippen molar-refractivity contribution < 1.29 is 4.84 Å². The summed E-state index contributed by atoms with van der Waals surface area (Å²) in [5.74, 6) is 0.574. The van der Waals surface area contributed by atoms with Gasteiger partial charge in [-0.15, -0.1) is 0 Å². The largest absolute Gasteiger partial charge is 0.391 e. The van der Waals surface area contributed by atoms with Crippen LogP contribution in [0.15, 0.2) is 29.4 Å². The molecule has 1 saturated carbocycles. The summed E-state index contributed by atoms with van der Waals surface area (Å²) in [6.07, 6.45) is 8.32. The average molecular weight is 242 g/mol. The van der Waals surface area contributed by atoms with Crippen LogP contribution in [0.5, 0.6) is 0 Å². The Morgan fingerprint density at radius 1 is 1.28 bits per heavy atom. The minimum Gasteiger partial charge on any atom is -0.391 e. The Hall–Kier alpha value is -1.82. The zero-order chi connectivity index (χ0) is 12.6. The second-order valence-corrected chi connectivity index (χ2v) is 4.69. The Morgan fingerprint density at radius 2 is 2.06 bits per heavy atom. The third-order valence-electron chi connectivity index (χ3n) is 3.35. The number of nitriles is 1. The lowest BCUT2D eigenvalue weighted by Crippen LogP contribution is -2.07. The summed E-state index contributed by atoms with van der Waals surface area (Å²) in [7, 11) is 0. The van der Waals surface area contributed by atoms with Crippen LogP contribution in [0.2, 0.25) is 0 Å². The number of nitrogens with zero attached hydrogens (tertiary/aromatic N) is 2. The van der Waals surface area contributed by atoms with Gasteiger partial charge >= 0.3 is 0 Å². The molecule has 1 aliphatic rings. The van der Waals surface area contributed by atoms with Crippen molar-refractivity contribution in [2.75, 3.05) is 0 Å². The predicted molar refractivity (Wildman–Crippen MR) is 71.0 cm³/mol. The van der Waals surface area contributed by atoms with Crippen LogP contribution in [-0.4, -0.2) is 6.21 Å². The Morgan fingerprint density at radius 3 is 2.83 bits per heavy atom. The van der Waals surface area contributed by atoms with E-state index in [9.17, 15) is 0 Å². The van der Waals surface area contributed by atoms with Crippen molar-refractivity contribution in [2.45, 2.75) is 38.7 Å². The van der Waals surface area contributed by atoms with Gasteiger partial charge in [0.2, 0.25) is 0 Å². The molecule has 3 nitrogen and oxygen atoms in total. The van der Waals surface area contributed by atoms with Crippen molar-refractivity contribution in [3.05, 3.63) is 35.4 Å². The summed E-state index contributed by atoms with van der Waals surface area (Å²) in [5, 5.41) is 13.0. The number of oxime groups is 1. The smallest absolute Gasteiger partial charge is 0.143 e. The molecule has 0 radical (unpaired) electrons. The van der Waals surface area contributed by atoms with Gasteiger partial charge in [0, 0.05) is 11.8 Å². The molecule has 0 aliphatic heterocycles. The van der Waals surface area contributed by atoms with Gasteiger partial charge in [-0.25, -0.2) is 0 Å². The Bertz CT molecular complexity index is 442. The first kappa shape index (κ1) is 12.6. The van der Waals surface area contributed by atoms with E-state index in [0.29, 0.717) is 18.1 Å². The van der Waals surface area contributed by atoms with E-state index in [4.69, 9.17) is 10.1 Å². The fraction of sp³-hybridized carbons (Fsp3) is 0.467. The van der Waals surface area contributed by atoms with E-state index in [1.807, 2.05) is 24.4 Å². The highest BCUT2D eigenvalue weighted by Gasteiger charge is 2.10. The van der Waals surface area contributed by atoms with Gasteiger partial charge in [0.05, 0.1) is 11.6 Å². The van der Waals surface area contributed by atoms with Crippen LogP contribution in [-0.2, 0) is 11.4 Å². The zero-order valence-electron chi connectivity index (χ0n) is 10.5. The van der Waals surface area contributed by atoms with Crippen LogP contribution in [0.4, 0.5) is 0 Å². The summed E-state index contributed by atoms with van der Waals surface area (Å²) in [6.45, 7) is 0.368. The molecule has 0 heterocycles. The summed E-state index contributed by atoms with van der Waals surface area (Å²) in [6, 6.07) is 9.61. The second-order valence-electron chi connectivity index (χ2n) is 4.69. The molecule has 94 valence electrons. The first-order valence-corrected chi connectivity index (χ1v) is 6.53. The van der Waals surface area contributed by atoms with Gasteiger partial charge in [0.1, 0.15) is 6.61 Å². The molecule has 0 atom stereocenters. The molecule has 3 heteroatoms. The molecule has 0 amide bonds. The standard InChI is InChI=1S/C15H18N2O/c16-10-14-8-4-5-9-15(14)12-18-17-11-13-6-2-1-3-7-13/h4-5,8-9,11,13H,1-3,6-7,12H2. The maximum Gasteiger partial charge on any atom is 0.143 e. The molecular formula is C15H18N2O. The maximum absolute atomic E-state index is 8.93. The maximum atomic E-state index is 8.93. The van der Waals surface area contributed by atoms with Crippen LogP contribution in [0.1, 0.15) is 43.2 Å². The van der Waals surface area contributed by atoms with E-state index in [-0.39, 0.29) is 0 Å². The van der Waals surface area contributed by atoms with Crippen molar-refractivity contribution in [1.82, 2.24) is 0 Å². The number of benzene rings is 1. The van der Waals surface area contributed by atoms with Crippen LogP contribution in [0, 0.1) is 17.2 Å². The van der Waals surface area contributed by atoms with Crippen molar-refractivity contribution in [3.8, 4) is 6.07 Å². The highest BCUT2D eigenvalue weighted by atomic mass is 16.6. The van der Waals surface area contributed by atoms with Crippen molar-refractivity contribution >= 4 is 6.21 Å². The van der Waals surface area contributed by atoms with Gasteiger partial charge in [0.25, 0.3) is 0 Å². The van der Waals surface area contributed by atoms with Crippen molar-refractivity contribution in [1.29, 1.82) is 5.26 Å². The highest BCUT2D eigenvalue weighted by Crippen LogP contribution is 2.21. The lowest BCUT2D eigenvalue weighted by molar-refractivity contribution is 0.130. The van der Waals surface area contributed by atoms with Gasteiger partial charge in [-0.2, -0.15) is 5.26 Å². The van der Waals surface area contributed by atoms with E-state index < -0.39 is 0 Å². The minimum atomic E-state index is 0.368. The molecule has 1 aliphatic carbocycles. The number of hydrogen-bond donors (Lipinski definition) is 0. The Labute approximate surface area is 108 Å². The van der Waals surface area contributed by atoms with Crippen LogP contribution in [0.3, 0.4) is 0 Å². The van der Waals surface area contributed by atoms with E-state index in [2.05, 4.69) is 11.2 Å². The molecule has 0 unspecified atom stereocenters. The number of hydrogen-bond acceptors (Lipinski definition) is 3. The SMILES string of the molecule is N#Cc1ccccc1CON=CC1CCCCC1.